The molecule has 2 rings (SSSR count). The summed E-state index contributed by atoms with van der Waals surface area (Å²) in [6.45, 7) is 0. The number of ether oxygens (including phenoxy) is 1. The van der Waals surface area contributed by atoms with E-state index < -0.39 is 4.92 Å². The third kappa shape index (κ3) is 3.09. The zero-order valence-corrected chi connectivity index (χ0v) is 10.6. The number of halogens is 1. The van der Waals surface area contributed by atoms with Crippen LogP contribution in [0.3, 0.4) is 0 Å². The van der Waals surface area contributed by atoms with Gasteiger partial charge in [-0.2, -0.15) is 0 Å². The number of nitrogens with zero attached hydrogens (tertiary/aromatic N) is 3. The number of benzene rings is 1. The van der Waals surface area contributed by atoms with E-state index in [1.165, 1.54) is 24.3 Å². The van der Waals surface area contributed by atoms with Crippen molar-refractivity contribution in [2.75, 3.05) is 0 Å². The molecule has 0 spiro atoms. The largest absolute Gasteiger partial charge is 0.438 e. The Kier molecular flexibility index (Phi) is 3.47. The average molecular weight is 343 g/mol. The van der Waals surface area contributed by atoms with Crippen molar-refractivity contribution < 1.29 is 9.66 Å². The van der Waals surface area contributed by atoms with Gasteiger partial charge in [0.25, 0.3) is 5.69 Å². The van der Waals surface area contributed by atoms with Crippen LogP contribution in [0.4, 0.5) is 5.69 Å². The summed E-state index contributed by atoms with van der Waals surface area (Å²) in [5, 5.41) is 18.1. The normalized spacial score (nSPS) is 9.94. The van der Waals surface area contributed by atoms with E-state index in [4.69, 9.17) is 4.74 Å². The summed E-state index contributed by atoms with van der Waals surface area (Å²) in [6, 6.07) is 9.20. The number of rotatable bonds is 3. The lowest BCUT2D eigenvalue weighted by Gasteiger charge is -2.02. The van der Waals surface area contributed by atoms with Crippen molar-refractivity contribution in [2.45, 2.75) is 0 Å². The average Bonchev–Trinajstić information content (AvgIpc) is 2.33. The van der Waals surface area contributed by atoms with Gasteiger partial charge in [-0.15, -0.1) is 10.2 Å². The van der Waals surface area contributed by atoms with Gasteiger partial charge in [-0.1, -0.05) is 0 Å². The van der Waals surface area contributed by atoms with Crippen LogP contribution in [0.15, 0.2) is 36.4 Å². The van der Waals surface area contributed by atoms with E-state index in [0.717, 1.165) is 3.70 Å². The minimum absolute atomic E-state index is 0.0195. The molecule has 0 bridgehead atoms. The van der Waals surface area contributed by atoms with Crippen LogP contribution < -0.4 is 4.74 Å². The van der Waals surface area contributed by atoms with E-state index in [1.807, 2.05) is 22.6 Å². The Morgan fingerprint density at radius 1 is 1.12 bits per heavy atom. The first-order valence-corrected chi connectivity index (χ1v) is 5.64. The maximum Gasteiger partial charge on any atom is 0.269 e. The molecule has 0 N–H and O–H groups in total. The molecule has 0 aliphatic rings. The second kappa shape index (κ2) is 5.04. The van der Waals surface area contributed by atoms with E-state index in [9.17, 15) is 10.1 Å². The number of nitro groups is 1. The molecule has 0 aliphatic heterocycles. The van der Waals surface area contributed by atoms with Crippen molar-refractivity contribution in [1.82, 2.24) is 10.2 Å². The molecule has 1 heterocycles. The highest BCUT2D eigenvalue weighted by molar-refractivity contribution is 14.1. The van der Waals surface area contributed by atoms with Gasteiger partial charge in [-0.25, -0.2) is 0 Å². The first kappa shape index (κ1) is 11.7. The van der Waals surface area contributed by atoms with E-state index in [0.29, 0.717) is 11.6 Å². The first-order valence-electron chi connectivity index (χ1n) is 4.57. The number of hydrogen-bond acceptors (Lipinski definition) is 5. The summed E-state index contributed by atoms with van der Waals surface area (Å²) in [7, 11) is 0. The molecule has 1 aromatic heterocycles. The fourth-order valence-corrected chi connectivity index (χ4v) is 1.40. The Hall–Kier alpha value is -1.77. The molecule has 17 heavy (non-hydrogen) atoms. The molecule has 0 radical (unpaired) electrons. The Bertz CT molecular complexity index is 527. The van der Waals surface area contributed by atoms with Crippen LogP contribution in [0.5, 0.6) is 11.6 Å². The summed E-state index contributed by atoms with van der Waals surface area (Å²) < 4.78 is 6.13. The van der Waals surface area contributed by atoms with E-state index >= 15 is 0 Å². The van der Waals surface area contributed by atoms with Gasteiger partial charge in [0.2, 0.25) is 5.88 Å². The van der Waals surface area contributed by atoms with Gasteiger partial charge in [-0.3, -0.25) is 10.1 Å². The van der Waals surface area contributed by atoms with Gasteiger partial charge in [0.15, 0.2) is 0 Å². The topological polar surface area (TPSA) is 78.2 Å². The zero-order valence-electron chi connectivity index (χ0n) is 8.41. The molecule has 0 unspecified atom stereocenters. The van der Waals surface area contributed by atoms with Gasteiger partial charge >= 0.3 is 0 Å². The predicted octanol–water partition coefficient (Wildman–Crippen LogP) is 2.78. The minimum Gasteiger partial charge on any atom is -0.438 e. The van der Waals surface area contributed by atoms with Crippen LogP contribution in [0, 0.1) is 13.8 Å². The van der Waals surface area contributed by atoms with Crippen molar-refractivity contribution in [3.8, 4) is 11.6 Å². The highest BCUT2D eigenvalue weighted by atomic mass is 127. The quantitative estimate of drug-likeness (QED) is 0.487. The Morgan fingerprint density at radius 2 is 1.82 bits per heavy atom. The number of hydrogen-bond donors (Lipinski definition) is 0. The van der Waals surface area contributed by atoms with Crippen molar-refractivity contribution in [2.24, 2.45) is 0 Å². The van der Waals surface area contributed by atoms with Gasteiger partial charge < -0.3 is 4.74 Å². The van der Waals surface area contributed by atoms with E-state index in [-0.39, 0.29) is 5.69 Å². The first-order chi connectivity index (χ1) is 8.15. The van der Waals surface area contributed by atoms with E-state index in [2.05, 4.69) is 10.2 Å². The van der Waals surface area contributed by atoms with Crippen LogP contribution in [0.25, 0.3) is 0 Å². The van der Waals surface area contributed by atoms with Crippen LogP contribution in [-0.2, 0) is 0 Å². The van der Waals surface area contributed by atoms with Crippen LogP contribution in [0.2, 0.25) is 0 Å². The molecule has 0 aliphatic carbocycles. The van der Waals surface area contributed by atoms with E-state index in [1.54, 1.807) is 12.1 Å². The molecule has 0 fully saturated rings. The molecular weight excluding hydrogens is 337 g/mol. The van der Waals surface area contributed by atoms with Crippen LogP contribution in [-0.4, -0.2) is 15.1 Å². The monoisotopic (exact) mass is 343 g/mol. The molecule has 0 amide bonds. The van der Waals surface area contributed by atoms with Gasteiger partial charge in [0.05, 0.1) is 4.92 Å². The van der Waals surface area contributed by atoms with Gasteiger partial charge in [-0.05, 0) is 40.8 Å². The maximum absolute atomic E-state index is 10.4. The van der Waals surface area contributed by atoms with Crippen molar-refractivity contribution in [3.63, 3.8) is 0 Å². The Balaban J connectivity index is 2.13. The lowest BCUT2D eigenvalue weighted by Crippen LogP contribution is -1.92. The fraction of sp³-hybridized carbons (Fsp3) is 0. The highest BCUT2D eigenvalue weighted by Gasteiger charge is 2.05. The molecule has 86 valence electrons. The van der Waals surface area contributed by atoms with Gasteiger partial charge in [0, 0.05) is 18.2 Å². The summed E-state index contributed by atoms with van der Waals surface area (Å²) in [5.41, 5.74) is 0.0195. The second-order valence-electron chi connectivity index (χ2n) is 3.05. The SMILES string of the molecule is O=[N+]([O-])c1ccc(Oc2ccc(I)nn2)cc1. The summed E-state index contributed by atoms with van der Waals surface area (Å²) in [6.07, 6.45) is 0. The Morgan fingerprint density at radius 3 is 2.35 bits per heavy atom. The number of nitro benzene ring substituents is 1. The highest BCUT2D eigenvalue weighted by Crippen LogP contribution is 2.21. The molecular formula is C10H6IN3O3. The van der Waals surface area contributed by atoms with Crippen LogP contribution >= 0.6 is 22.6 Å². The minimum atomic E-state index is -0.464. The lowest BCUT2D eigenvalue weighted by atomic mass is 10.3. The predicted molar refractivity (Wildman–Crippen MR) is 67.9 cm³/mol. The molecule has 0 atom stereocenters. The zero-order chi connectivity index (χ0) is 12.3. The van der Waals surface area contributed by atoms with Crippen molar-refractivity contribution in [1.29, 1.82) is 0 Å². The standard InChI is InChI=1S/C10H6IN3O3/c11-9-5-6-10(13-12-9)17-8-3-1-7(2-4-8)14(15)16/h1-6H. The second-order valence-corrected chi connectivity index (χ2v) is 4.15. The third-order valence-electron chi connectivity index (χ3n) is 1.88. The molecule has 0 saturated carbocycles. The fourth-order valence-electron chi connectivity index (χ4n) is 1.11. The molecule has 0 saturated heterocycles. The number of aromatic nitrogens is 2. The maximum atomic E-state index is 10.4. The van der Waals surface area contributed by atoms with Crippen molar-refractivity contribution in [3.05, 3.63) is 50.2 Å². The molecule has 2 aromatic rings. The Labute approximate surface area is 110 Å². The number of non-ortho nitro benzene ring substituents is 1. The summed E-state index contributed by atoms with van der Waals surface area (Å²) in [5.74, 6) is 0.824. The molecule has 7 heteroatoms. The third-order valence-corrected chi connectivity index (χ3v) is 2.45. The molecule has 6 nitrogen and oxygen atoms in total. The lowest BCUT2D eigenvalue weighted by molar-refractivity contribution is -0.384. The van der Waals surface area contributed by atoms with Gasteiger partial charge in [0.1, 0.15) is 9.45 Å². The smallest absolute Gasteiger partial charge is 0.269 e. The van der Waals surface area contributed by atoms with Crippen molar-refractivity contribution >= 4 is 28.3 Å². The summed E-state index contributed by atoms with van der Waals surface area (Å²) in [4.78, 5) is 9.99. The summed E-state index contributed by atoms with van der Waals surface area (Å²) >= 11 is 2.03. The molecule has 1 aromatic carbocycles. The van der Waals surface area contributed by atoms with Crippen LogP contribution in [0.1, 0.15) is 0 Å².